The van der Waals surface area contributed by atoms with Gasteiger partial charge in [-0.05, 0) is 41.9 Å². The highest BCUT2D eigenvalue weighted by molar-refractivity contribution is 8.00. The van der Waals surface area contributed by atoms with Gasteiger partial charge in [-0.25, -0.2) is 12.7 Å². The molecular formula is C50H75N9O12S3. The summed E-state index contributed by atoms with van der Waals surface area (Å²) in [6.07, 6.45) is 1.07. The molecule has 6 rings (SSSR count). The van der Waals surface area contributed by atoms with Crippen molar-refractivity contribution < 1.29 is 56.5 Å². The summed E-state index contributed by atoms with van der Waals surface area (Å²) in [6.45, 7) is 8.25. The molecular weight excluding hydrogens is 1010 g/mol. The summed E-state index contributed by atoms with van der Waals surface area (Å²) in [5.74, 6) is -1.52. The van der Waals surface area contributed by atoms with Crippen LogP contribution in [0, 0.1) is 11.3 Å². The van der Waals surface area contributed by atoms with Crippen LogP contribution in [0.4, 0.5) is 0 Å². The maximum atomic E-state index is 14.0. The first-order chi connectivity index (χ1) is 35.3. The number of carbonyl (C=O) groups excluding carboxylic acids is 6. The minimum Gasteiger partial charge on any atom is -0.391 e. The number of likely N-dealkylation sites (tertiary alicyclic amines) is 1. The molecule has 4 saturated heterocycles. The van der Waals surface area contributed by atoms with Gasteiger partial charge in [-0.3, -0.25) is 34.1 Å². The monoisotopic (exact) mass is 1090 g/mol. The van der Waals surface area contributed by atoms with E-state index in [1.165, 1.54) is 26.5 Å². The minimum atomic E-state index is -3.46. The number of amides is 6. The molecule has 5 unspecified atom stereocenters. The summed E-state index contributed by atoms with van der Waals surface area (Å²) in [5, 5.41) is 31.9. The van der Waals surface area contributed by atoms with Crippen LogP contribution < -0.4 is 37.2 Å². The summed E-state index contributed by atoms with van der Waals surface area (Å²) in [5.41, 5.74) is 2.07. The molecule has 9 atom stereocenters. The van der Waals surface area contributed by atoms with Gasteiger partial charge in [0, 0.05) is 81.1 Å². The number of sulfonamides is 1. The zero-order chi connectivity index (χ0) is 53.4. The average Bonchev–Trinajstić information content (AvgIpc) is 4.21. The fourth-order valence-corrected chi connectivity index (χ4v) is 12.3. The van der Waals surface area contributed by atoms with Crippen LogP contribution in [0.5, 0.6) is 0 Å². The third-order valence-corrected chi connectivity index (χ3v) is 17.0. The Morgan fingerprint density at radius 2 is 1.61 bits per heavy atom. The van der Waals surface area contributed by atoms with Crippen LogP contribution in [0.15, 0.2) is 54.6 Å². The number of β-amino-alcohol motifs (C(OH)–C–C–N with tert-alkyl or cyclic N) is 1. The van der Waals surface area contributed by atoms with Crippen molar-refractivity contribution in [1.29, 1.82) is 0 Å². The van der Waals surface area contributed by atoms with E-state index in [1.54, 1.807) is 20.8 Å². The van der Waals surface area contributed by atoms with E-state index in [9.17, 15) is 42.3 Å². The number of nitrogens with one attached hydrogen (secondary N) is 7. The van der Waals surface area contributed by atoms with E-state index in [-0.39, 0.29) is 103 Å². The lowest BCUT2D eigenvalue weighted by Gasteiger charge is -2.35. The number of nitrogens with zero attached hydrogens (tertiary/aromatic N) is 2. The van der Waals surface area contributed by atoms with Crippen LogP contribution in [0.25, 0.3) is 0 Å². The first-order valence-electron chi connectivity index (χ1n) is 25.2. The van der Waals surface area contributed by atoms with E-state index in [1.807, 2.05) is 54.2 Å². The van der Waals surface area contributed by atoms with Crippen molar-refractivity contribution in [3.8, 4) is 0 Å². The molecule has 74 heavy (non-hydrogen) atoms. The molecule has 2 aromatic rings. The molecule has 2 aromatic carbocycles. The summed E-state index contributed by atoms with van der Waals surface area (Å²) in [7, 11) is -3.46. The molecule has 0 aromatic heterocycles. The smallest absolute Gasteiger partial charge is 0.246 e. The normalized spacial score (nSPS) is 24.0. The number of hydrogen-bond acceptors (Lipinski definition) is 16. The molecule has 21 nitrogen and oxygen atoms in total. The maximum absolute atomic E-state index is 14.0. The summed E-state index contributed by atoms with van der Waals surface area (Å²) in [4.78, 5) is 81.1. The first kappa shape index (κ1) is 58.9. The predicted octanol–water partition coefficient (Wildman–Crippen LogP) is 0.709. The quantitative estimate of drug-likeness (QED) is 0.0603. The van der Waals surface area contributed by atoms with Crippen molar-refractivity contribution in [3.63, 3.8) is 0 Å². The maximum Gasteiger partial charge on any atom is 0.246 e. The lowest BCUT2D eigenvalue weighted by molar-refractivity contribution is -0.144. The molecule has 0 aliphatic carbocycles. The third-order valence-electron chi connectivity index (χ3n) is 13.2. The van der Waals surface area contributed by atoms with E-state index in [0.717, 1.165) is 29.0 Å². The number of rotatable bonds is 26. The fraction of sp³-hybridized carbons (Fsp3) is 0.640. The molecule has 4 aliphatic heterocycles. The molecule has 410 valence electrons. The molecule has 0 saturated carbocycles. The average molecular weight is 1090 g/mol. The predicted molar refractivity (Wildman–Crippen MR) is 281 cm³/mol. The van der Waals surface area contributed by atoms with Crippen LogP contribution in [-0.4, -0.2) is 178 Å². The highest BCUT2D eigenvalue weighted by atomic mass is 32.2. The number of thioether (sulfide) groups is 2. The number of aliphatic hydroxyl groups is 1. The van der Waals surface area contributed by atoms with Gasteiger partial charge in [-0.2, -0.15) is 0 Å². The van der Waals surface area contributed by atoms with Gasteiger partial charge in [0.15, 0.2) is 0 Å². The standard InChI is InChI=1S/C50H75N9O12S3/c1-32-43(73-31-53-32)35-15-13-33(14-16-35)25-52-47(65)40-24-37(60)27-59(40)48(66)44(50(2,3)4)56-42(62)29-71-23-22-69-21-18-51-41(61)12-9-20-70-28-38(54-45(63)36-17-19-58(26-36)74(5,67)68)46(64)57-49-55-39(30-72-49)34-10-7-6-8-11-34/h6-8,10-11,13-16,32,36-40,43-44,49,53,55,60H,9,12,17-31H2,1-5H3,(H,51,61)(H,52,65)(H,54,63)(H,56,62)(H,57,64)/t32?,36?,37-,38+,39?,40+,43?,44-,49?/m1/s1. The molecule has 0 spiro atoms. The molecule has 4 aliphatic rings. The van der Waals surface area contributed by atoms with Crippen molar-refractivity contribution >= 4 is 69.0 Å². The van der Waals surface area contributed by atoms with E-state index >= 15 is 0 Å². The van der Waals surface area contributed by atoms with Crippen molar-refractivity contribution in [2.45, 2.75) is 107 Å². The van der Waals surface area contributed by atoms with Gasteiger partial charge >= 0.3 is 0 Å². The van der Waals surface area contributed by atoms with Crippen molar-refractivity contribution in [3.05, 3.63) is 71.3 Å². The topological polar surface area (TPSA) is 275 Å². The SMILES string of the molecule is CC1NCSC1c1ccc(CNC(=O)[C@@H]2C[C@@H](O)CN2C(=O)[C@@H](NC(=O)COCCOCCNC(=O)CCCOC[C@H](NC(=O)C2CCN(S(C)(=O)=O)C2)C(=O)NC2NC(c3ccccc3)CS2)C(C)(C)C)cc1. The van der Waals surface area contributed by atoms with Gasteiger partial charge in [-0.15, -0.1) is 23.5 Å². The molecule has 4 fully saturated rings. The van der Waals surface area contributed by atoms with Gasteiger partial charge in [0.1, 0.15) is 30.2 Å². The van der Waals surface area contributed by atoms with Gasteiger partial charge in [0.05, 0.1) is 44.7 Å². The number of ether oxygens (including phenoxy) is 3. The van der Waals surface area contributed by atoms with Crippen LogP contribution in [-0.2, 0) is 59.5 Å². The van der Waals surface area contributed by atoms with E-state index in [2.05, 4.69) is 56.3 Å². The number of benzene rings is 2. The lowest BCUT2D eigenvalue weighted by Crippen LogP contribution is -2.58. The van der Waals surface area contributed by atoms with E-state index < -0.39 is 74.7 Å². The summed E-state index contributed by atoms with van der Waals surface area (Å²) >= 11 is 3.38. The highest BCUT2D eigenvalue weighted by Gasteiger charge is 2.45. The lowest BCUT2D eigenvalue weighted by atomic mass is 9.85. The van der Waals surface area contributed by atoms with E-state index in [0.29, 0.717) is 24.1 Å². The second-order valence-corrected chi connectivity index (χ2v) is 24.4. The number of aliphatic hydroxyl groups excluding tert-OH is 1. The van der Waals surface area contributed by atoms with Crippen LogP contribution in [0.2, 0.25) is 0 Å². The highest BCUT2D eigenvalue weighted by Crippen LogP contribution is 2.36. The van der Waals surface area contributed by atoms with Gasteiger partial charge in [0.2, 0.25) is 45.5 Å². The third kappa shape index (κ3) is 17.9. The minimum absolute atomic E-state index is 0.0296. The van der Waals surface area contributed by atoms with Gasteiger partial charge in [0.25, 0.3) is 0 Å². The van der Waals surface area contributed by atoms with E-state index in [4.69, 9.17) is 14.2 Å². The zero-order valence-electron chi connectivity index (χ0n) is 43.0. The molecule has 6 amide bonds. The number of carbonyl (C=O) groups is 6. The zero-order valence-corrected chi connectivity index (χ0v) is 45.4. The Labute approximate surface area is 443 Å². The van der Waals surface area contributed by atoms with Gasteiger partial charge in [-0.1, -0.05) is 75.4 Å². The Kier molecular flexibility index (Phi) is 22.4. The Morgan fingerprint density at radius 3 is 2.30 bits per heavy atom. The Balaban J connectivity index is 0.842. The molecule has 24 heteroatoms. The molecule has 8 N–H and O–H groups in total. The van der Waals surface area contributed by atoms with Crippen molar-refractivity contribution in [1.82, 2.24) is 46.4 Å². The second kappa shape index (κ2) is 28.1. The van der Waals surface area contributed by atoms with Crippen molar-refractivity contribution in [2.24, 2.45) is 11.3 Å². The van der Waals surface area contributed by atoms with Crippen molar-refractivity contribution in [2.75, 3.05) is 83.7 Å². The van der Waals surface area contributed by atoms with Crippen LogP contribution >= 0.6 is 23.5 Å². The van der Waals surface area contributed by atoms with Crippen LogP contribution in [0.1, 0.15) is 81.4 Å². The van der Waals surface area contributed by atoms with Crippen LogP contribution in [0.3, 0.4) is 0 Å². The summed E-state index contributed by atoms with van der Waals surface area (Å²) < 4.78 is 42.2. The Bertz CT molecular complexity index is 2310. The Hall–Kier alpha value is -4.37. The largest absolute Gasteiger partial charge is 0.391 e. The summed E-state index contributed by atoms with van der Waals surface area (Å²) in [6, 6.07) is 15.4. The molecule has 0 bridgehead atoms. The fourth-order valence-electron chi connectivity index (χ4n) is 9.01. The number of hydrogen-bond donors (Lipinski definition) is 8. The molecule has 0 radical (unpaired) electrons. The Morgan fingerprint density at radius 1 is 0.865 bits per heavy atom. The first-order valence-corrected chi connectivity index (χ1v) is 29.2. The van der Waals surface area contributed by atoms with Gasteiger partial charge < -0.3 is 56.1 Å². The molecule has 4 heterocycles. The second-order valence-electron chi connectivity index (χ2n) is 20.2.